The number of ether oxygens (including phenoxy) is 2. The smallest absolute Gasteiger partial charge is 0.313 e. The normalized spacial score (nSPS) is 30.9. The lowest BCUT2D eigenvalue weighted by atomic mass is 9.90. The minimum atomic E-state index is -0.881. The molecule has 2 aromatic rings. The van der Waals surface area contributed by atoms with Crippen LogP contribution in [-0.2, 0) is 16.0 Å². The molecule has 5 rings (SSSR count). The number of carboxylic acids is 1. The third-order valence-electron chi connectivity index (χ3n) is 8.62. The molecule has 0 radical (unpaired) electrons. The van der Waals surface area contributed by atoms with Gasteiger partial charge in [0, 0.05) is 23.6 Å². The van der Waals surface area contributed by atoms with Gasteiger partial charge in [-0.15, -0.1) is 0 Å². The van der Waals surface area contributed by atoms with E-state index in [4.69, 9.17) is 9.47 Å². The van der Waals surface area contributed by atoms with E-state index in [9.17, 15) is 15.0 Å². The standard InChI is InChI=1S/C29H37NO5/c1-18-11-12-22(23-24-26(35-25(18)23)29(24,4)27(32)33)19(2)34-17-21(31)16-30-14-8-13-28(30,3)15-20-9-6-5-7-10-20/h5-7,9-12,19,21,24,26,31H,8,13-17H2,1-4H3,(H,32,33). The quantitative estimate of drug-likeness (QED) is 0.552. The predicted molar refractivity (Wildman–Crippen MR) is 134 cm³/mol. The summed E-state index contributed by atoms with van der Waals surface area (Å²) in [5.74, 6) is -0.163. The Morgan fingerprint density at radius 1 is 1.23 bits per heavy atom. The molecule has 0 spiro atoms. The highest BCUT2D eigenvalue weighted by molar-refractivity contribution is 5.84. The lowest BCUT2D eigenvalue weighted by molar-refractivity contribution is -0.144. The van der Waals surface area contributed by atoms with Crippen LogP contribution in [0, 0.1) is 12.3 Å². The van der Waals surface area contributed by atoms with Crippen LogP contribution in [0.15, 0.2) is 42.5 Å². The number of carboxylic acid groups (broad SMARTS) is 1. The first-order chi connectivity index (χ1) is 16.6. The van der Waals surface area contributed by atoms with Gasteiger partial charge in [-0.2, -0.15) is 0 Å². The molecule has 2 N–H and O–H groups in total. The SMILES string of the molecule is Cc1ccc(C(C)OCC(O)CN2CCCC2(C)Cc2ccccc2)c2c1OC1C2C1(C)C(=O)O. The monoisotopic (exact) mass is 479 g/mol. The van der Waals surface area contributed by atoms with E-state index in [1.165, 1.54) is 5.56 Å². The Labute approximate surface area is 207 Å². The van der Waals surface area contributed by atoms with E-state index >= 15 is 0 Å². The van der Waals surface area contributed by atoms with Gasteiger partial charge in [-0.05, 0) is 70.2 Å². The zero-order valence-corrected chi connectivity index (χ0v) is 21.2. The van der Waals surface area contributed by atoms with E-state index < -0.39 is 17.5 Å². The summed E-state index contributed by atoms with van der Waals surface area (Å²) in [6.07, 6.45) is 2.04. The van der Waals surface area contributed by atoms with Gasteiger partial charge in [0.15, 0.2) is 0 Å². The maximum atomic E-state index is 11.9. The summed E-state index contributed by atoms with van der Waals surface area (Å²) in [6.45, 7) is 9.81. The van der Waals surface area contributed by atoms with Crippen LogP contribution in [0.3, 0.4) is 0 Å². The number of aliphatic hydroxyl groups is 1. The Bertz CT molecular complexity index is 1100. The van der Waals surface area contributed by atoms with Gasteiger partial charge in [0.05, 0.1) is 18.8 Å². The number of benzene rings is 2. The highest BCUT2D eigenvalue weighted by Gasteiger charge is 2.74. The fraction of sp³-hybridized carbons (Fsp3) is 0.552. The minimum Gasteiger partial charge on any atom is -0.488 e. The first-order valence-electron chi connectivity index (χ1n) is 12.8. The van der Waals surface area contributed by atoms with E-state index in [1.54, 1.807) is 6.92 Å². The Hall–Kier alpha value is -2.41. The number of likely N-dealkylation sites (tertiary alicyclic amines) is 1. The van der Waals surface area contributed by atoms with Crippen molar-refractivity contribution in [1.82, 2.24) is 4.90 Å². The minimum absolute atomic E-state index is 0.0331. The molecule has 0 aromatic heterocycles. The number of carbonyl (C=O) groups is 1. The molecule has 2 fully saturated rings. The number of hydrogen-bond donors (Lipinski definition) is 2. The molecule has 6 atom stereocenters. The highest BCUT2D eigenvalue weighted by atomic mass is 16.5. The van der Waals surface area contributed by atoms with Gasteiger partial charge in [-0.3, -0.25) is 9.69 Å². The van der Waals surface area contributed by atoms with Crippen LogP contribution in [0.5, 0.6) is 5.75 Å². The second-order valence-corrected chi connectivity index (χ2v) is 11.2. The second kappa shape index (κ2) is 8.91. The summed E-state index contributed by atoms with van der Waals surface area (Å²) in [7, 11) is 0. The zero-order chi connectivity index (χ0) is 25.0. The molecule has 1 saturated carbocycles. The van der Waals surface area contributed by atoms with Crippen LogP contribution < -0.4 is 4.74 Å². The lowest BCUT2D eigenvalue weighted by Crippen LogP contribution is -2.47. The van der Waals surface area contributed by atoms with E-state index in [2.05, 4.69) is 36.1 Å². The largest absolute Gasteiger partial charge is 0.488 e. The van der Waals surface area contributed by atoms with Crippen LogP contribution in [0.25, 0.3) is 0 Å². The van der Waals surface area contributed by atoms with Crippen molar-refractivity contribution in [1.29, 1.82) is 0 Å². The lowest BCUT2D eigenvalue weighted by Gasteiger charge is -2.37. The molecule has 1 saturated heterocycles. The average molecular weight is 480 g/mol. The molecule has 2 heterocycles. The third-order valence-corrected chi connectivity index (χ3v) is 8.62. The fourth-order valence-electron chi connectivity index (χ4n) is 6.33. The van der Waals surface area contributed by atoms with Crippen LogP contribution >= 0.6 is 0 Å². The molecule has 0 amide bonds. The van der Waals surface area contributed by atoms with Crippen LogP contribution in [-0.4, -0.2) is 58.5 Å². The molecule has 2 aliphatic heterocycles. The Kier molecular flexibility index (Phi) is 6.19. The summed E-state index contributed by atoms with van der Waals surface area (Å²) in [6, 6.07) is 14.6. The Balaban J connectivity index is 1.23. The maximum absolute atomic E-state index is 11.9. The summed E-state index contributed by atoms with van der Waals surface area (Å²) in [4.78, 5) is 14.3. The van der Waals surface area contributed by atoms with Crippen molar-refractivity contribution in [2.75, 3.05) is 19.7 Å². The van der Waals surface area contributed by atoms with Gasteiger partial charge in [0.2, 0.25) is 0 Å². The Morgan fingerprint density at radius 3 is 2.69 bits per heavy atom. The number of aryl methyl sites for hydroxylation is 1. The summed E-state index contributed by atoms with van der Waals surface area (Å²) >= 11 is 0. The van der Waals surface area contributed by atoms with Gasteiger partial charge in [0.25, 0.3) is 0 Å². The number of aliphatic carboxylic acids is 1. The molecule has 1 aliphatic carbocycles. The molecule has 2 aromatic carbocycles. The molecule has 0 bridgehead atoms. The van der Waals surface area contributed by atoms with Gasteiger partial charge in [0.1, 0.15) is 17.3 Å². The summed E-state index contributed by atoms with van der Waals surface area (Å²) in [5.41, 5.74) is 3.42. The highest BCUT2D eigenvalue weighted by Crippen LogP contribution is 2.68. The fourth-order valence-corrected chi connectivity index (χ4v) is 6.33. The maximum Gasteiger partial charge on any atom is 0.313 e. The molecule has 6 unspecified atom stereocenters. The topological polar surface area (TPSA) is 79.2 Å². The van der Waals surface area contributed by atoms with Crippen LogP contribution in [0.4, 0.5) is 0 Å². The van der Waals surface area contributed by atoms with Gasteiger partial charge in [-0.25, -0.2) is 0 Å². The molecule has 6 heteroatoms. The van der Waals surface area contributed by atoms with E-state index in [0.717, 1.165) is 48.2 Å². The zero-order valence-electron chi connectivity index (χ0n) is 21.2. The van der Waals surface area contributed by atoms with Crippen molar-refractivity contribution >= 4 is 5.97 Å². The van der Waals surface area contributed by atoms with E-state index in [1.807, 2.05) is 32.0 Å². The van der Waals surface area contributed by atoms with Crippen molar-refractivity contribution in [3.8, 4) is 5.75 Å². The van der Waals surface area contributed by atoms with Gasteiger partial charge >= 0.3 is 5.97 Å². The Morgan fingerprint density at radius 2 is 1.97 bits per heavy atom. The van der Waals surface area contributed by atoms with Crippen molar-refractivity contribution in [2.24, 2.45) is 5.41 Å². The number of β-amino-alcohol motifs (C(OH)–C–C–N with tert-alkyl or cyclic N) is 1. The third kappa shape index (κ3) is 4.15. The second-order valence-electron chi connectivity index (χ2n) is 11.2. The molecule has 35 heavy (non-hydrogen) atoms. The number of rotatable bonds is 9. The first-order valence-corrected chi connectivity index (χ1v) is 12.8. The summed E-state index contributed by atoms with van der Waals surface area (Å²) in [5, 5.41) is 20.6. The molecule has 188 valence electrons. The van der Waals surface area contributed by atoms with Crippen LogP contribution in [0.1, 0.15) is 67.9 Å². The number of aliphatic hydroxyl groups excluding tert-OH is 1. The summed E-state index contributed by atoms with van der Waals surface area (Å²) < 4.78 is 12.2. The molecule has 3 aliphatic rings. The molecular weight excluding hydrogens is 442 g/mol. The van der Waals surface area contributed by atoms with E-state index in [-0.39, 0.29) is 30.3 Å². The van der Waals surface area contributed by atoms with Crippen molar-refractivity contribution in [3.63, 3.8) is 0 Å². The number of nitrogens with zero attached hydrogens (tertiary/aromatic N) is 1. The average Bonchev–Trinajstić information content (AvgIpc) is 3.10. The predicted octanol–water partition coefficient (Wildman–Crippen LogP) is 4.48. The number of fused-ring (bicyclic) bond motifs is 3. The first kappa shape index (κ1) is 24.3. The van der Waals surface area contributed by atoms with Crippen molar-refractivity contribution in [3.05, 3.63) is 64.7 Å². The van der Waals surface area contributed by atoms with E-state index in [0.29, 0.717) is 6.54 Å². The van der Waals surface area contributed by atoms with Crippen LogP contribution in [0.2, 0.25) is 0 Å². The van der Waals surface area contributed by atoms with Gasteiger partial charge in [-0.1, -0.05) is 42.5 Å². The molecule has 6 nitrogen and oxygen atoms in total. The van der Waals surface area contributed by atoms with Gasteiger partial charge < -0.3 is 19.7 Å². The van der Waals surface area contributed by atoms with Crippen molar-refractivity contribution < 1.29 is 24.5 Å². The number of hydrogen-bond acceptors (Lipinski definition) is 5. The van der Waals surface area contributed by atoms with Crippen molar-refractivity contribution in [2.45, 2.75) is 76.7 Å². The molecular formula is C29H37NO5.